The molecule has 0 bridgehead atoms. The zero-order valence-electron chi connectivity index (χ0n) is 3.44. The van der Waals surface area contributed by atoms with E-state index in [1.54, 1.807) is 0 Å². The first-order chi connectivity index (χ1) is 1.41. The molecule has 0 rings (SSSR count). The van der Waals surface area contributed by atoms with Gasteiger partial charge in [0.05, 0.1) is 0 Å². The summed E-state index contributed by atoms with van der Waals surface area (Å²) in [5.41, 5.74) is 0. The van der Waals surface area contributed by atoms with Crippen LogP contribution in [0, 0.1) is 0 Å². The molecule has 0 fully saturated rings. The quantitative estimate of drug-likeness (QED) is 0.397. The molecule has 44 valence electrons. The van der Waals surface area contributed by atoms with Gasteiger partial charge in [0, 0.05) is 92.8 Å². The molecule has 0 aliphatic rings. The SMILES string of the molecule is [I][V][I].[V].[V].[V].[V].[V]. The van der Waals surface area contributed by atoms with E-state index in [0.29, 0.717) is 9.47 Å². The molecule has 0 aliphatic carbocycles. The molecule has 8 heteroatoms. The van der Waals surface area contributed by atoms with Gasteiger partial charge in [0.15, 0.2) is 0 Å². The third-order valence-electron chi connectivity index (χ3n) is 0. The summed E-state index contributed by atoms with van der Waals surface area (Å²) in [6, 6.07) is 0. The minimum Gasteiger partial charge on any atom is 0 e. The summed E-state index contributed by atoms with van der Waals surface area (Å²) >= 11 is 4.74. The second-order valence-corrected chi connectivity index (χ2v) is 11.9. The largest absolute Gasteiger partial charge is 0 e. The third-order valence-corrected chi connectivity index (χ3v) is 0. The number of hydrogen-bond donors (Lipinski definition) is 0. The Morgan fingerprint density at radius 1 is 0.625 bits per heavy atom. The van der Waals surface area contributed by atoms with Crippen LogP contribution in [0.3, 0.4) is 0 Å². The van der Waals surface area contributed by atoms with Gasteiger partial charge in [0.2, 0.25) is 0 Å². The van der Waals surface area contributed by atoms with Gasteiger partial charge in [-0.15, -0.1) is 0 Å². The molecule has 0 heterocycles. The topological polar surface area (TPSA) is 0 Å². The molecule has 0 spiro atoms. The molecule has 0 aromatic heterocycles. The van der Waals surface area contributed by atoms with Gasteiger partial charge in [0.1, 0.15) is 0 Å². The monoisotopic (exact) mass is 559 g/mol. The van der Waals surface area contributed by atoms with Crippen LogP contribution in [0.15, 0.2) is 0 Å². The first-order valence-electron chi connectivity index (χ1n) is 0.338. The molecule has 0 nitrogen and oxygen atoms in total. The molecule has 0 atom stereocenters. The smallest absolute Gasteiger partial charge is 0 e. The van der Waals surface area contributed by atoms with Crippen LogP contribution < -0.4 is 0 Å². The van der Waals surface area contributed by atoms with Crippen LogP contribution in [-0.4, -0.2) is 0 Å². The zero-order chi connectivity index (χ0) is 2.71. The molecular formula is I2V6. The standard InChI is InChI=1S/2HI.6V/h2*1H;;;;;;/q;;;;;;;+2/p-2. The van der Waals surface area contributed by atoms with E-state index >= 15 is 0 Å². The van der Waals surface area contributed by atoms with E-state index in [9.17, 15) is 0 Å². The van der Waals surface area contributed by atoms with Gasteiger partial charge in [-0.2, -0.15) is 0 Å². The van der Waals surface area contributed by atoms with Crippen molar-refractivity contribution in [3.8, 4) is 0 Å². The van der Waals surface area contributed by atoms with Crippen molar-refractivity contribution < 1.29 is 102 Å². The molecule has 8 heavy (non-hydrogen) atoms. The fourth-order valence-corrected chi connectivity index (χ4v) is 0. The minimum absolute atomic E-state index is 0. The number of rotatable bonds is 0. The maximum absolute atomic E-state index is 2.37. The number of hydrogen-bond acceptors (Lipinski definition) is 0. The van der Waals surface area contributed by atoms with Gasteiger partial charge in [-0.1, -0.05) is 0 Å². The van der Waals surface area contributed by atoms with Crippen molar-refractivity contribution in [2.45, 2.75) is 0 Å². The van der Waals surface area contributed by atoms with Crippen LogP contribution in [0.4, 0.5) is 0 Å². The maximum atomic E-state index is 2.37. The summed E-state index contributed by atoms with van der Waals surface area (Å²) in [7, 11) is 0.628. The average molecular weight is 559 g/mol. The third kappa shape index (κ3) is 44.2. The summed E-state index contributed by atoms with van der Waals surface area (Å²) in [4.78, 5) is 0. The van der Waals surface area contributed by atoms with E-state index in [1.165, 1.54) is 0 Å². The van der Waals surface area contributed by atoms with Gasteiger partial charge in [0.25, 0.3) is 0 Å². The predicted octanol–water partition coefficient (Wildman–Crippen LogP) is 1.76. The number of halogens is 2. The van der Waals surface area contributed by atoms with Crippen molar-refractivity contribution in [2.75, 3.05) is 0 Å². The molecule has 0 unspecified atom stereocenters. The predicted molar refractivity (Wildman–Crippen MR) is 28.0 cm³/mol. The normalized spacial score (nSPS) is 1.75. The Balaban J connectivity index is -0.00000000200. The van der Waals surface area contributed by atoms with E-state index in [4.69, 9.17) is 0 Å². The minimum atomic E-state index is 0. The van der Waals surface area contributed by atoms with E-state index in [-0.39, 0.29) is 92.8 Å². The van der Waals surface area contributed by atoms with Gasteiger partial charge >= 0.3 is 49.4 Å². The Kier molecular flexibility index (Phi) is 193. The van der Waals surface area contributed by atoms with Crippen molar-refractivity contribution in [1.82, 2.24) is 0 Å². The second kappa shape index (κ2) is 40.4. The summed E-state index contributed by atoms with van der Waals surface area (Å²) in [5, 5.41) is 0. The van der Waals surface area contributed by atoms with Crippen molar-refractivity contribution in [2.24, 2.45) is 0 Å². The summed E-state index contributed by atoms with van der Waals surface area (Å²) in [6.07, 6.45) is 0. The molecule has 0 saturated carbocycles. The van der Waals surface area contributed by atoms with Gasteiger partial charge in [-0.3, -0.25) is 0 Å². The molecule has 0 aromatic carbocycles. The molecule has 0 aliphatic heterocycles. The van der Waals surface area contributed by atoms with E-state index in [0.717, 1.165) is 0 Å². The second-order valence-electron chi connectivity index (χ2n) is 0.0639. The Morgan fingerprint density at radius 2 is 0.625 bits per heavy atom. The Bertz CT molecular complexity index is 6.49. The van der Waals surface area contributed by atoms with Crippen LogP contribution in [0.25, 0.3) is 0 Å². The molecule has 0 amide bonds. The van der Waals surface area contributed by atoms with Gasteiger partial charge in [-0.25, -0.2) is 0 Å². The summed E-state index contributed by atoms with van der Waals surface area (Å²) < 4.78 is 0. The Labute approximate surface area is 139 Å². The average Bonchev–Trinajstić information content (AvgIpc) is 0.918. The van der Waals surface area contributed by atoms with Crippen LogP contribution in [0.2, 0.25) is 0 Å². The van der Waals surface area contributed by atoms with Crippen molar-refractivity contribution in [1.29, 1.82) is 0 Å². The molecule has 0 aromatic rings. The molecule has 5 radical (unpaired) electrons. The van der Waals surface area contributed by atoms with Gasteiger partial charge < -0.3 is 0 Å². The fourth-order valence-electron chi connectivity index (χ4n) is 0. The molecule has 0 N–H and O–H groups in total. The fraction of sp³-hybridized carbons (Fsp3) is 0. The van der Waals surface area contributed by atoms with E-state index in [1.807, 2.05) is 0 Å². The zero-order valence-corrected chi connectivity index (χ0v) is 16.1. The van der Waals surface area contributed by atoms with Crippen molar-refractivity contribution in [3.63, 3.8) is 0 Å². The molecule has 0 saturated heterocycles. The Morgan fingerprint density at radius 3 is 0.625 bits per heavy atom. The Hall–Kier alpha value is 4.97. The van der Waals surface area contributed by atoms with Gasteiger partial charge in [-0.05, 0) is 0 Å². The van der Waals surface area contributed by atoms with Crippen molar-refractivity contribution >= 4 is 40.0 Å². The van der Waals surface area contributed by atoms with Crippen LogP contribution in [0.5, 0.6) is 0 Å². The van der Waals surface area contributed by atoms with E-state index in [2.05, 4.69) is 40.0 Å². The first-order valence-corrected chi connectivity index (χ1v) is 9.35. The summed E-state index contributed by atoms with van der Waals surface area (Å²) in [5.74, 6) is 0. The van der Waals surface area contributed by atoms with Crippen molar-refractivity contribution in [3.05, 3.63) is 0 Å². The maximum Gasteiger partial charge on any atom is 0 e. The van der Waals surface area contributed by atoms with E-state index < -0.39 is 0 Å². The molecular weight excluding hydrogens is 559 g/mol. The van der Waals surface area contributed by atoms with Crippen LogP contribution >= 0.6 is 40.0 Å². The van der Waals surface area contributed by atoms with Crippen LogP contribution in [-0.2, 0) is 102 Å². The van der Waals surface area contributed by atoms with Crippen LogP contribution in [0.1, 0.15) is 0 Å². The first kappa shape index (κ1) is 38.3. The summed E-state index contributed by atoms with van der Waals surface area (Å²) in [6.45, 7) is 0.